The number of hydrogen-bond acceptors (Lipinski definition) is 6. The van der Waals surface area contributed by atoms with Crippen LogP contribution in [0.15, 0.2) is 60.8 Å². The maximum absolute atomic E-state index is 12.1. The molecule has 0 atom stereocenters. The maximum Gasteiger partial charge on any atom is 0.412 e. The molecule has 0 fully saturated rings. The van der Waals surface area contributed by atoms with Gasteiger partial charge in [0.2, 0.25) is 5.91 Å². The molecule has 3 aromatic rings. The van der Waals surface area contributed by atoms with Gasteiger partial charge in [-0.3, -0.25) is 10.1 Å². The van der Waals surface area contributed by atoms with Crippen molar-refractivity contribution in [1.29, 1.82) is 0 Å². The minimum Gasteiger partial charge on any atom is -0.457 e. The summed E-state index contributed by atoms with van der Waals surface area (Å²) in [5, 5.41) is 13.1. The average Bonchev–Trinajstić information content (AvgIpc) is 3.11. The number of anilines is 2. The van der Waals surface area contributed by atoms with E-state index in [1.807, 2.05) is 30.3 Å². The third-order valence-electron chi connectivity index (χ3n) is 3.44. The minimum atomic E-state index is -0.628. The Morgan fingerprint density at radius 1 is 1.00 bits per heavy atom. The lowest BCUT2D eigenvalue weighted by atomic mass is 10.3. The van der Waals surface area contributed by atoms with Crippen LogP contribution in [0, 0.1) is 0 Å². The van der Waals surface area contributed by atoms with Crippen molar-refractivity contribution in [1.82, 2.24) is 15.0 Å². The van der Waals surface area contributed by atoms with E-state index in [2.05, 4.69) is 20.8 Å². The van der Waals surface area contributed by atoms with Crippen molar-refractivity contribution in [3.63, 3.8) is 0 Å². The van der Waals surface area contributed by atoms with Crippen molar-refractivity contribution in [3.05, 3.63) is 60.8 Å². The second-order valence-electron chi connectivity index (χ2n) is 5.59. The molecule has 2 amide bonds. The molecular weight excluding hydrogens is 362 g/mol. The average molecular weight is 381 g/mol. The number of nitrogens with zero attached hydrogens (tertiary/aromatic N) is 3. The molecule has 0 radical (unpaired) electrons. The van der Waals surface area contributed by atoms with Crippen molar-refractivity contribution in [3.8, 4) is 11.5 Å². The van der Waals surface area contributed by atoms with Gasteiger partial charge in [-0.25, -0.2) is 4.79 Å². The second kappa shape index (κ2) is 9.17. The summed E-state index contributed by atoms with van der Waals surface area (Å²) >= 11 is 0. The van der Waals surface area contributed by atoms with Crippen molar-refractivity contribution in [2.24, 2.45) is 0 Å². The summed E-state index contributed by atoms with van der Waals surface area (Å²) in [5.74, 6) is 1.28. The van der Waals surface area contributed by atoms with Crippen LogP contribution in [-0.4, -0.2) is 33.6 Å². The number of benzene rings is 2. The lowest BCUT2D eigenvalue weighted by Gasteiger charge is -2.08. The molecule has 0 aliphatic rings. The number of carbonyl (C=O) groups is 2. The third-order valence-corrected chi connectivity index (χ3v) is 3.44. The normalized spacial score (nSPS) is 10.2. The molecule has 9 nitrogen and oxygen atoms in total. The summed E-state index contributed by atoms with van der Waals surface area (Å²) in [6.45, 7) is 1.84. The number of aromatic nitrogens is 3. The molecule has 3 rings (SSSR count). The van der Waals surface area contributed by atoms with Crippen LogP contribution in [0.2, 0.25) is 0 Å². The van der Waals surface area contributed by atoms with E-state index in [-0.39, 0.29) is 24.9 Å². The quantitative estimate of drug-likeness (QED) is 0.650. The number of nitrogens with one attached hydrogen (secondary N) is 2. The zero-order chi connectivity index (χ0) is 19.8. The van der Waals surface area contributed by atoms with Crippen molar-refractivity contribution in [2.75, 3.05) is 17.2 Å². The first-order valence-corrected chi connectivity index (χ1v) is 8.59. The fourth-order valence-electron chi connectivity index (χ4n) is 2.26. The fraction of sp³-hybridized carbons (Fsp3) is 0.158. The molecule has 144 valence electrons. The van der Waals surface area contributed by atoms with Crippen LogP contribution in [0.4, 0.5) is 16.3 Å². The summed E-state index contributed by atoms with van der Waals surface area (Å²) in [5.41, 5.74) is 0.613. The molecule has 0 aliphatic carbocycles. The molecule has 0 spiro atoms. The Morgan fingerprint density at radius 3 is 2.43 bits per heavy atom. The van der Waals surface area contributed by atoms with E-state index < -0.39 is 6.09 Å². The number of ether oxygens (including phenoxy) is 2. The van der Waals surface area contributed by atoms with Gasteiger partial charge in [0.1, 0.15) is 18.0 Å². The van der Waals surface area contributed by atoms with E-state index in [0.717, 1.165) is 5.75 Å². The maximum atomic E-state index is 12.1. The first-order chi connectivity index (χ1) is 13.6. The van der Waals surface area contributed by atoms with Crippen LogP contribution in [0.3, 0.4) is 0 Å². The van der Waals surface area contributed by atoms with Gasteiger partial charge in [0.05, 0.1) is 12.8 Å². The van der Waals surface area contributed by atoms with Crippen LogP contribution < -0.4 is 15.4 Å². The van der Waals surface area contributed by atoms with E-state index in [1.165, 1.54) is 11.0 Å². The third kappa shape index (κ3) is 5.56. The molecule has 9 heteroatoms. The Labute approximate surface area is 161 Å². The molecule has 0 saturated carbocycles. The largest absolute Gasteiger partial charge is 0.457 e. The molecule has 1 aromatic heterocycles. The Morgan fingerprint density at radius 2 is 1.71 bits per heavy atom. The van der Waals surface area contributed by atoms with Crippen molar-refractivity contribution >= 4 is 23.5 Å². The van der Waals surface area contributed by atoms with Gasteiger partial charge in [-0.15, -0.1) is 5.10 Å². The Kier molecular flexibility index (Phi) is 6.19. The predicted molar refractivity (Wildman–Crippen MR) is 102 cm³/mol. The topological polar surface area (TPSA) is 107 Å². The SMILES string of the molecule is CCOC(=O)Nc1cnn(CC(=O)Nc2ccc(Oc3ccccc3)cc2)n1. The number of carbonyl (C=O) groups excluding carboxylic acids is 2. The number of rotatable bonds is 7. The van der Waals surface area contributed by atoms with E-state index in [4.69, 9.17) is 9.47 Å². The van der Waals surface area contributed by atoms with Crippen LogP contribution >= 0.6 is 0 Å². The summed E-state index contributed by atoms with van der Waals surface area (Å²) < 4.78 is 10.4. The first-order valence-electron chi connectivity index (χ1n) is 8.59. The number of hydrogen-bond donors (Lipinski definition) is 2. The minimum absolute atomic E-state index is 0.104. The van der Waals surface area contributed by atoms with E-state index in [9.17, 15) is 9.59 Å². The molecule has 0 bridgehead atoms. The van der Waals surface area contributed by atoms with Gasteiger partial charge in [0, 0.05) is 5.69 Å². The summed E-state index contributed by atoms with van der Waals surface area (Å²) in [6.07, 6.45) is 0.705. The van der Waals surface area contributed by atoms with Gasteiger partial charge in [-0.2, -0.15) is 9.90 Å². The zero-order valence-corrected chi connectivity index (χ0v) is 15.2. The van der Waals surface area contributed by atoms with Crippen LogP contribution in [-0.2, 0) is 16.1 Å². The van der Waals surface area contributed by atoms with Crippen molar-refractivity contribution in [2.45, 2.75) is 13.5 Å². The van der Waals surface area contributed by atoms with Crippen LogP contribution in [0.1, 0.15) is 6.92 Å². The lowest BCUT2D eigenvalue weighted by molar-refractivity contribution is -0.117. The smallest absolute Gasteiger partial charge is 0.412 e. The fourth-order valence-corrected chi connectivity index (χ4v) is 2.26. The van der Waals surface area contributed by atoms with Crippen LogP contribution in [0.5, 0.6) is 11.5 Å². The summed E-state index contributed by atoms with van der Waals surface area (Å²) in [4.78, 5) is 24.6. The zero-order valence-electron chi connectivity index (χ0n) is 15.2. The van der Waals surface area contributed by atoms with Gasteiger partial charge in [-0.05, 0) is 43.3 Å². The van der Waals surface area contributed by atoms with E-state index in [1.54, 1.807) is 31.2 Å². The summed E-state index contributed by atoms with van der Waals surface area (Å²) in [6, 6.07) is 16.4. The highest BCUT2D eigenvalue weighted by atomic mass is 16.5. The summed E-state index contributed by atoms with van der Waals surface area (Å²) in [7, 11) is 0. The second-order valence-corrected chi connectivity index (χ2v) is 5.59. The Bertz CT molecular complexity index is 925. The molecular formula is C19H19N5O4. The van der Waals surface area contributed by atoms with Gasteiger partial charge >= 0.3 is 6.09 Å². The molecule has 0 unspecified atom stereocenters. The highest BCUT2D eigenvalue weighted by Gasteiger charge is 2.09. The Balaban J connectivity index is 1.51. The van der Waals surface area contributed by atoms with Gasteiger partial charge in [0.15, 0.2) is 5.82 Å². The molecule has 1 heterocycles. The molecule has 0 saturated heterocycles. The standard InChI is InChI=1S/C19H19N5O4/c1-2-27-19(26)22-17-12-20-24(23-17)13-18(25)21-14-8-10-16(11-9-14)28-15-6-4-3-5-7-15/h3-12H,2,13H2,1H3,(H,21,25)(H,22,23,26). The number of para-hydroxylation sites is 1. The van der Waals surface area contributed by atoms with E-state index >= 15 is 0 Å². The van der Waals surface area contributed by atoms with Gasteiger partial charge < -0.3 is 14.8 Å². The highest BCUT2D eigenvalue weighted by molar-refractivity contribution is 5.90. The molecule has 0 aliphatic heterocycles. The molecule has 28 heavy (non-hydrogen) atoms. The molecule has 2 N–H and O–H groups in total. The Hall–Kier alpha value is -3.88. The van der Waals surface area contributed by atoms with Gasteiger partial charge in [0.25, 0.3) is 0 Å². The van der Waals surface area contributed by atoms with Gasteiger partial charge in [-0.1, -0.05) is 18.2 Å². The van der Waals surface area contributed by atoms with Crippen molar-refractivity contribution < 1.29 is 19.1 Å². The van der Waals surface area contributed by atoms with E-state index in [0.29, 0.717) is 11.4 Å². The lowest BCUT2D eigenvalue weighted by Crippen LogP contribution is -2.20. The monoisotopic (exact) mass is 381 g/mol. The molecule has 2 aromatic carbocycles. The predicted octanol–water partition coefficient (Wildman–Crippen LogP) is 3.28. The number of amides is 2. The highest BCUT2D eigenvalue weighted by Crippen LogP contribution is 2.22. The van der Waals surface area contributed by atoms with Crippen LogP contribution in [0.25, 0.3) is 0 Å². The first kappa shape index (κ1) is 18.9.